The van der Waals surface area contributed by atoms with Crippen LogP contribution in [0.4, 0.5) is 11.4 Å². The van der Waals surface area contributed by atoms with Gasteiger partial charge in [0.25, 0.3) is 5.91 Å². The SMILES string of the molecule is COc1ccc(C(=O)Nc2cccc(Cl)c2N2CCOCC2)cc1Br. The van der Waals surface area contributed by atoms with E-state index in [-0.39, 0.29) is 5.91 Å². The number of benzene rings is 2. The predicted molar refractivity (Wildman–Crippen MR) is 103 cm³/mol. The minimum atomic E-state index is -0.208. The number of carbonyl (C=O) groups is 1. The van der Waals surface area contributed by atoms with Gasteiger partial charge in [-0.3, -0.25) is 4.79 Å². The van der Waals surface area contributed by atoms with Crippen molar-refractivity contribution in [2.24, 2.45) is 0 Å². The highest BCUT2D eigenvalue weighted by atomic mass is 79.9. The Morgan fingerprint density at radius 2 is 2.04 bits per heavy atom. The number of morpholine rings is 1. The Labute approximate surface area is 160 Å². The fourth-order valence-electron chi connectivity index (χ4n) is 2.73. The molecule has 2 aromatic carbocycles. The summed E-state index contributed by atoms with van der Waals surface area (Å²) in [6.45, 7) is 2.76. The van der Waals surface area contributed by atoms with Crippen molar-refractivity contribution in [2.75, 3.05) is 43.6 Å². The van der Waals surface area contributed by atoms with Gasteiger partial charge >= 0.3 is 0 Å². The molecule has 25 heavy (non-hydrogen) atoms. The third-order valence-electron chi connectivity index (χ3n) is 3.98. The first-order valence-electron chi connectivity index (χ1n) is 7.86. The molecular formula is C18H18BrClN2O3. The van der Waals surface area contributed by atoms with E-state index < -0.39 is 0 Å². The van der Waals surface area contributed by atoms with E-state index in [1.807, 2.05) is 18.2 Å². The molecule has 5 nitrogen and oxygen atoms in total. The second-order valence-corrected chi connectivity index (χ2v) is 6.80. The summed E-state index contributed by atoms with van der Waals surface area (Å²) < 4.78 is 11.3. The quantitative estimate of drug-likeness (QED) is 0.798. The zero-order valence-corrected chi connectivity index (χ0v) is 16.1. The second-order valence-electron chi connectivity index (χ2n) is 5.54. The van der Waals surface area contributed by atoms with E-state index in [1.54, 1.807) is 25.3 Å². The molecule has 0 saturated carbocycles. The monoisotopic (exact) mass is 424 g/mol. The Kier molecular flexibility index (Phi) is 5.83. The van der Waals surface area contributed by atoms with E-state index in [1.165, 1.54) is 0 Å². The molecule has 0 unspecified atom stereocenters. The highest BCUT2D eigenvalue weighted by Crippen LogP contribution is 2.35. The summed E-state index contributed by atoms with van der Waals surface area (Å²) in [5.41, 5.74) is 2.04. The Bertz CT molecular complexity index is 779. The van der Waals surface area contributed by atoms with Gasteiger partial charge in [0.2, 0.25) is 0 Å². The molecule has 1 saturated heterocycles. The Morgan fingerprint density at radius 3 is 2.72 bits per heavy atom. The molecule has 1 aliphatic heterocycles. The van der Waals surface area contributed by atoms with Crippen molar-refractivity contribution in [1.29, 1.82) is 0 Å². The van der Waals surface area contributed by atoms with Crippen LogP contribution >= 0.6 is 27.5 Å². The first-order chi connectivity index (χ1) is 12.1. The number of carbonyl (C=O) groups excluding carboxylic acids is 1. The van der Waals surface area contributed by atoms with Crippen molar-refractivity contribution in [3.63, 3.8) is 0 Å². The standard InChI is InChI=1S/C18H18BrClN2O3/c1-24-16-6-5-12(11-13(16)19)18(23)21-15-4-2-3-14(20)17(15)22-7-9-25-10-8-22/h2-6,11H,7-10H2,1H3,(H,21,23). The van der Waals surface area contributed by atoms with Crippen LogP contribution in [0.25, 0.3) is 0 Å². The van der Waals surface area contributed by atoms with Gasteiger partial charge in [-0.15, -0.1) is 0 Å². The predicted octanol–water partition coefficient (Wildman–Crippen LogP) is 4.20. The van der Waals surface area contributed by atoms with Crippen LogP contribution in [0.3, 0.4) is 0 Å². The van der Waals surface area contributed by atoms with Crippen LogP contribution in [-0.4, -0.2) is 39.3 Å². The molecule has 3 rings (SSSR count). The number of ether oxygens (including phenoxy) is 2. The maximum absolute atomic E-state index is 12.7. The van der Waals surface area contributed by atoms with Gasteiger partial charge in [-0.2, -0.15) is 0 Å². The van der Waals surface area contributed by atoms with Gasteiger partial charge in [0.05, 0.1) is 41.2 Å². The number of anilines is 2. The normalized spacial score (nSPS) is 14.3. The number of nitrogens with one attached hydrogen (secondary N) is 1. The second kappa shape index (κ2) is 8.08. The average molecular weight is 426 g/mol. The zero-order valence-electron chi connectivity index (χ0n) is 13.7. The lowest BCUT2D eigenvalue weighted by Gasteiger charge is -2.31. The van der Waals surface area contributed by atoms with Crippen LogP contribution in [0, 0.1) is 0 Å². The molecule has 0 atom stereocenters. The maximum atomic E-state index is 12.7. The van der Waals surface area contributed by atoms with Crippen LogP contribution in [-0.2, 0) is 4.74 Å². The van der Waals surface area contributed by atoms with E-state index in [0.29, 0.717) is 35.2 Å². The molecule has 1 aliphatic rings. The number of halogens is 2. The lowest BCUT2D eigenvalue weighted by atomic mass is 10.1. The van der Waals surface area contributed by atoms with Crippen molar-refractivity contribution < 1.29 is 14.3 Å². The number of hydrogen-bond acceptors (Lipinski definition) is 4. The van der Waals surface area contributed by atoms with E-state index >= 15 is 0 Å². The van der Waals surface area contributed by atoms with Crippen molar-refractivity contribution in [1.82, 2.24) is 0 Å². The largest absolute Gasteiger partial charge is 0.496 e. The summed E-state index contributed by atoms with van der Waals surface area (Å²) in [4.78, 5) is 14.8. The highest BCUT2D eigenvalue weighted by Gasteiger charge is 2.19. The molecule has 1 heterocycles. The Morgan fingerprint density at radius 1 is 1.28 bits per heavy atom. The number of hydrogen-bond donors (Lipinski definition) is 1. The lowest BCUT2D eigenvalue weighted by Crippen LogP contribution is -2.37. The summed E-state index contributed by atoms with van der Waals surface area (Å²) in [5.74, 6) is 0.466. The average Bonchev–Trinajstić information content (AvgIpc) is 2.62. The molecule has 0 aromatic heterocycles. The fraction of sp³-hybridized carbons (Fsp3) is 0.278. The first-order valence-corrected chi connectivity index (χ1v) is 9.03. The fourth-order valence-corrected chi connectivity index (χ4v) is 3.56. The summed E-state index contributed by atoms with van der Waals surface area (Å²) in [6.07, 6.45) is 0. The summed E-state index contributed by atoms with van der Waals surface area (Å²) in [7, 11) is 1.58. The lowest BCUT2D eigenvalue weighted by molar-refractivity contribution is 0.102. The molecule has 0 bridgehead atoms. The number of nitrogens with zero attached hydrogens (tertiary/aromatic N) is 1. The van der Waals surface area contributed by atoms with Gasteiger partial charge in [0, 0.05) is 18.7 Å². The van der Waals surface area contributed by atoms with E-state index in [9.17, 15) is 4.79 Å². The zero-order chi connectivity index (χ0) is 17.8. The highest BCUT2D eigenvalue weighted by molar-refractivity contribution is 9.10. The van der Waals surface area contributed by atoms with Crippen molar-refractivity contribution >= 4 is 44.8 Å². The summed E-state index contributed by atoms with van der Waals surface area (Å²) in [5, 5.41) is 3.57. The third kappa shape index (κ3) is 4.08. The Hall–Kier alpha value is -1.76. The molecule has 1 N–H and O–H groups in total. The van der Waals surface area contributed by atoms with Gasteiger partial charge in [0.15, 0.2) is 0 Å². The van der Waals surface area contributed by atoms with Crippen LogP contribution in [0.1, 0.15) is 10.4 Å². The summed E-state index contributed by atoms with van der Waals surface area (Å²) in [6, 6.07) is 10.7. The molecule has 1 amide bonds. The number of amides is 1. The Balaban J connectivity index is 1.86. The van der Waals surface area contributed by atoms with Crippen molar-refractivity contribution in [3.05, 3.63) is 51.5 Å². The van der Waals surface area contributed by atoms with Crippen LogP contribution in [0.15, 0.2) is 40.9 Å². The smallest absolute Gasteiger partial charge is 0.255 e. The van der Waals surface area contributed by atoms with E-state index in [4.69, 9.17) is 21.1 Å². The maximum Gasteiger partial charge on any atom is 0.255 e. The molecule has 0 spiro atoms. The van der Waals surface area contributed by atoms with E-state index in [2.05, 4.69) is 26.1 Å². The van der Waals surface area contributed by atoms with Gasteiger partial charge in [-0.05, 0) is 46.3 Å². The summed E-state index contributed by atoms with van der Waals surface area (Å²) >= 11 is 9.80. The van der Waals surface area contributed by atoms with Gasteiger partial charge in [-0.25, -0.2) is 0 Å². The molecule has 0 aliphatic carbocycles. The number of para-hydroxylation sites is 1. The third-order valence-corrected chi connectivity index (χ3v) is 4.90. The first kappa shape index (κ1) is 18.0. The molecule has 2 aromatic rings. The number of methoxy groups -OCH3 is 1. The minimum Gasteiger partial charge on any atom is -0.496 e. The minimum absolute atomic E-state index is 0.208. The van der Waals surface area contributed by atoms with Crippen molar-refractivity contribution in [2.45, 2.75) is 0 Å². The van der Waals surface area contributed by atoms with Gasteiger partial charge in [-0.1, -0.05) is 17.7 Å². The van der Waals surface area contributed by atoms with Crippen molar-refractivity contribution in [3.8, 4) is 5.75 Å². The van der Waals surface area contributed by atoms with Crippen LogP contribution in [0.2, 0.25) is 5.02 Å². The molecule has 7 heteroatoms. The topological polar surface area (TPSA) is 50.8 Å². The van der Waals surface area contributed by atoms with Gasteiger partial charge in [0.1, 0.15) is 5.75 Å². The van der Waals surface area contributed by atoms with E-state index in [0.717, 1.165) is 23.2 Å². The van der Waals surface area contributed by atoms with Crippen LogP contribution in [0.5, 0.6) is 5.75 Å². The van der Waals surface area contributed by atoms with Gasteiger partial charge < -0.3 is 19.7 Å². The number of rotatable bonds is 4. The molecule has 132 valence electrons. The molecule has 0 radical (unpaired) electrons. The molecule has 1 fully saturated rings. The molecular weight excluding hydrogens is 408 g/mol. The van der Waals surface area contributed by atoms with Crippen LogP contribution < -0.4 is 15.0 Å².